The minimum absolute atomic E-state index is 0.0535. The highest BCUT2D eigenvalue weighted by molar-refractivity contribution is 6.10. The minimum Gasteiger partial charge on any atom is -0.468 e. The topological polar surface area (TPSA) is 43.4 Å². The molecule has 2 rings (SSSR count). The van der Waals surface area contributed by atoms with E-state index in [0.29, 0.717) is 6.42 Å². The second-order valence-corrected chi connectivity index (χ2v) is 4.12. The van der Waals surface area contributed by atoms with Crippen LogP contribution in [0, 0.1) is 11.3 Å². The highest BCUT2D eigenvalue weighted by Gasteiger charge is 2.56. The maximum absolute atomic E-state index is 12.0. The van der Waals surface area contributed by atoms with Crippen LogP contribution in [-0.2, 0) is 14.3 Å². The lowest BCUT2D eigenvalue weighted by molar-refractivity contribution is -0.154. The number of fused-ring (bicyclic) bond motifs is 2. The van der Waals surface area contributed by atoms with Gasteiger partial charge in [0.05, 0.1) is 7.11 Å². The van der Waals surface area contributed by atoms with Crippen LogP contribution < -0.4 is 0 Å². The van der Waals surface area contributed by atoms with E-state index >= 15 is 0 Å². The number of ether oxygens (including phenoxy) is 1. The van der Waals surface area contributed by atoms with Gasteiger partial charge in [-0.25, -0.2) is 0 Å². The van der Waals surface area contributed by atoms with Gasteiger partial charge in [-0.2, -0.15) is 0 Å². The Balaban J connectivity index is 2.48. The second kappa shape index (κ2) is 2.94. The Bertz CT molecular complexity index is 329. The molecule has 3 nitrogen and oxygen atoms in total. The van der Waals surface area contributed by atoms with Crippen LogP contribution in [0.15, 0.2) is 11.6 Å². The zero-order valence-electron chi connectivity index (χ0n) is 8.50. The SMILES string of the molecule is COC(=O)[C@@]12CC[C@@H](CC=C1C)C2=O. The lowest BCUT2D eigenvalue weighted by Gasteiger charge is -2.28. The first-order valence-corrected chi connectivity index (χ1v) is 4.93. The molecule has 0 aliphatic heterocycles. The molecule has 0 aromatic carbocycles. The van der Waals surface area contributed by atoms with Gasteiger partial charge < -0.3 is 4.74 Å². The molecule has 0 radical (unpaired) electrons. The zero-order chi connectivity index (χ0) is 10.3. The predicted octanol–water partition coefficient (Wildman–Crippen LogP) is 1.47. The van der Waals surface area contributed by atoms with E-state index < -0.39 is 5.41 Å². The average molecular weight is 194 g/mol. The number of hydrogen-bond donors (Lipinski definition) is 0. The molecule has 0 amide bonds. The summed E-state index contributed by atoms with van der Waals surface area (Å²) in [6.45, 7) is 1.86. The summed E-state index contributed by atoms with van der Waals surface area (Å²) in [5.41, 5.74) is -0.0411. The fourth-order valence-corrected chi connectivity index (χ4v) is 2.64. The van der Waals surface area contributed by atoms with Gasteiger partial charge in [-0.1, -0.05) is 11.6 Å². The molecule has 0 aromatic rings. The highest BCUT2D eigenvalue weighted by Crippen LogP contribution is 2.49. The molecule has 0 spiro atoms. The summed E-state index contributed by atoms with van der Waals surface area (Å²) >= 11 is 0. The Morgan fingerprint density at radius 2 is 2.36 bits per heavy atom. The molecule has 2 bridgehead atoms. The molecule has 76 valence electrons. The third-order valence-corrected chi connectivity index (χ3v) is 3.57. The predicted molar refractivity (Wildman–Crippen MR) is 50.6 cm³/mol. The third kappa shape index (κ3) is 0.925. The van der Waals surface area contributed by atoms with Crippen LogP contribution in [-0.4, -0.2) is 18.9 Å². The molecule has 1 saturated carbocycles. The molecule has 3 heteroatoms. The monoisotopic (exact) mass is 194 g/mol. The Hall–Kier alpha value is -1.12. The van der Waals surface area contributed by atoms with Crippen molar-refractivity contribution in [1.29, 1.82) is 0 Å². The molecule has 0 N–H and O–H groups in total. The van der Waals surface area contributed by atoms with E-state index in [-0.39, 0.29) is 17.7 Å². The van der Waals surface area contributed by atoms with Gasteiger partial charge in [0.25, 0.3) is 0 Å². The Kier molecular flexibility index (Phi) is 1.98. The standard InChI is InChI=1S/C11H14O3/c1-7-3-4-8-5-6-11(7,9(8)12)10(13)14-2/h3,8H,4-6H2,1-2H3/t8-,11+/m1/s1. The quantitative estimate of drug-likeness (QED) is 0.360. The van der Waals surface area contributed by atoms with Crippen molar-refractivity contribution in [1.82, 2.24) is 0 Å². The van der Waals surface area contributed by atoms with Crippen LogP contribution in [0.4, 0.5) is 0 Å². The van der Waals surface area contributed by atoms with Gasteiger partial charge >= 0.3 is 5.97 Å². The third-order valence-electron chi connectivity index (χ3n) is 3.57. The van der Waals surface area contributed by atoms with Crippen molar-refractivity contribution in [3.05, 3.63) is 11.6 Å². The van der Waals surface area contributed by atoms with Crippen molar-refractivity contribution in [3.8, 4) is 0 Å². The van der Waals surface area contributed by atoms with Gasteiger partial charge in [0, 0.05) is 5.92 Å². The average Bonchev–Trinajstić information content (AvgIpc) is 2.40. The summed E-state index contributed by atoms with van der Waals surface area (Å²) in [6.07, 6.45) is 4.26. The number of hydrogen-bond acceptors (Lipinski definition) is 3. The molecule has 0 heterocycles. The van der Waals surface area contributed by atoms with Gasteiger partial charge in [-0.3, -0.25) is 9.59 Å². The molecule has 0 aromatic heterocycles. The smallest absolute Gasteiger partial charge is 0.323 e. The summed E-state index contributed by atoms with van der Waals surface area (Å²) < 4.78 is 4.75. The summed E-state index contributed by atoms with van der Waals surface area (Å²) in [7, 11) is 1.35. The zero-order valence-corrected chi connectivity index (χ0v) is 8.50. The van der Waals surface area contributed by atoms with Crippen molar-refractivity contribution < 1.29 is 14.3 Å². The molecule has 2 aliphatic rings. The van der Waals surface area contributed by atoms with E-state index in [1.807, 2.05) is 13.0 Å². The lowest BCUT2D eigenvalue weighted by atomic mass is 9.73. The maximum Gasteiger partial charge on any atom is 0.323 e. The number of carbonyl (C=O) groups excluding carboxylic acids is 2. The summed E-state index contributed by atoms with van der Waals surface area (Å²) in [6, 6.07) is 0. The molecule has 1 fully saturated rings. The van der Waals surface area contributed by atoms with Crippen LogP contribution in [0.3, 0.4) is 0 Å². The highest BCUT2D eigenvalue weighted by atomic mass is 16.5. The number of ketones is 1. The first kappa shape index (κ1) is 9.44. The molecular formula is C11H14O3. The molecule has 0 saturated heterocycles. The first-order valence-electron chi connectivity index (χ1n) is 4.93. The number of Topliss-reactive ketones (excluding diaryl/α,β-unsaturated/α-hetero) is 1. The second-order valence-electron chi connectivity index (χ2n) is 4.12. The van der Waals surface area contributed by atoms with Crippen LogP contribution >= 0.6 is 0 Å². The van der Waals surface area contributed by atoms with E-state index in [1.54, 1.807) is 0 Å². The number of methoxy groups -OCH3 is 1. The van der Waals surface area contributed by atoms with E-state index in [9.17, 15) is 9.59 Å². The Labute approximate surface area is 83.1 Å². The maximum atomic E-state index is 12.0. The van der Waals surface area contributed by atoms with E-state index in [1.165, 1.54) is 7.11 Å². The number of rotatable bonds is 1. The fraction of sp³-hybridized carbons (Fsp3) is 0.636. The van der Waals surface area contributed by atoms with E-state index in [0.717, 1.165) is 18.4 Å². The Morgan fingerprint density at radius 3 is 3.00 bits per heavy atom. The largest absolute Gasteiger partial charge is 0.468 e. The number of carbonyl (C=O) groups is 2. The van der Waals surface area contributed by atoms with Crippen LogP contribution in [0.1, 0.15) is 26.2 Å². The van der Waals surface area contributed by atoms with Gasteiger partial charge in [-0.15, -0.1) is 0 Å². The summed E-state index contributed by atoms with van der Waals surface area (Å²) in [5.74, 6) is -0.249. The van der Waals surface area contributed by atoms with Crippen LogP contribution in [0.2, 0.25) is 0 Å². The van der Waals surface area contributed by atoms with Crippen molar-refractivity contribution in [2.75, 3.05) is 7.11 Å². The van der Waals surface area contributed by atoms with Crippen LogP contribution in [0.5, 0.6) is 0 Å². The fourth-order valence-electron chi connectivity index (χ4n) is 2.64. The molecule has 2 aliphatic carbocycles. The van der Waals surface area contributed by atoms with Crippen molar-refractivity contribution >= 4 is 11.8 Å². The molecule has 14 heavy (non-hydrogen) atoms. The van der Waals surface area contributed by atoms with Gasteiger partial charge in [0.1, 0.15) is 5.41 Å². The molecule has 2 atom stereocenters. The Morgan fingerprint density at radius 1 is 1.64 bits per heavy atom. The number of esters is 1. The summed E-state index contributed by atoms with van der Waals surface area (Å²) in [4.78, 5) is 23.7. The molecular weight excluding hydrogens is 180 g/mol. The number of allylic oxidation sites excluding steroid dienone is 1. The molecule has 0 unspecified atom stereocenters. The lowest BCUT2D eigenvalue weighted by Crippen LogP contribution is -2.41. The van der Waals surface area contributed by atoms with Crippen LogP contribution in [0.25, 0.3) is 0 Å². The van der Waals surface area contributed by atoms with E-state index in [4.69, 9.17) is 4.74 Å². The van der Waals surface area contributed by atoms with E-state index in [2.05, 4.69) is 0 Å². The minimum atomic E-state index is -0.919. The van der Waals surface area contributed by atoms with Crippen molar-refractivity contribution in [3.63, 3.8) is 0 Å². The normalized spacial score (nSPS) is 35.4. The first-order chi connectivity index (χ1) is 6.63. The van der Waals surface area contributed by atoms with Crippen molar-refractivity contribution in [2.24, 2.45) is 11.3 Å². The van der Waals surface area contributed by atoms with Gasteiger partial charge in [0.15, 0.2) is 5.78 Å². The van der Waals surface area contributed by atoms with Gasteiger partial charge in [-0.05, 0) is 26.2 Å². The summed E-state index contributed by atoms with van der Waals surface area (Å²) in [5, 5.41) is 0. The van der Waals surface area contributed by atoms with Crippen molar-refractivity contribution in [2.45, 2.75) is 26.2 Å². The van der Waals surface area contributed by atoms with Gasteiger partial charge in [0.2, 0.25) is 0 Å².